The average Bonchev–Trinajstić information content (AvgIpc) is 3.56. The molecule has 0 spiro atoms. The molecule has 6 rings (SSSR count). The molecule has 6 heterocycles. The Labute approximate surface area is 219 Å². The average molecular weight is 511 g/mol. The van der Waals surface area contributed by atoms with Gasteiger partial charge in [-0.05, 0) is 31.7 Å². The van der Waals surface area contributed by atoms with Crippen LogP contribution in [-0.4, -0.2) is 79.2 Å². The van der Waals surface area contributed by atoms with Crippen LogP contribution in [0.2, 0.25) is 0 Å². The van der Waals surface area contributed by atoms with Gasteiger partial charge in [-0.1, -0.05) is 13.3 Å². The number of hydrogen-bond donors (Lipinski definition) is 3. The molecule has 1 aliphatic rings. The number of rotatable bonds is 7. The molecular weight excluding hydrogens is 480 g/mol. The van der Waals surface area contributed by atoms with Gasteiger partial charge in [0.05, 0.1) is 23.0 Å². The van der Waals surface area contributed by atoms with Crippen molar-refractivity contribution in [1.82, 2.24) is 40.0 Å². The van der Waals surface area contributed by atoms with Crippen molar-refractivity contribution >= 4 is 39.5 Å². The van der Waals surface area contributed by atoms with E-state index >= 15 is 0 Å². The first kappa shape index (κ1) is 24.0. The van der Waals surface area contributed by atoms with Crippen LogP contribution in [0.4, 0.5) is 11.4 Å². The fourth-order valence-electron chi connectivity index (χ4n) is 4.78. The van der Waals surface area contributed by atoms with E-state index in [1.165, 1.54) is 0 Å². The number of aromatic amines is 2. The van der Waals surface area contributed by atoms with Gasteiger partial charge in [-0.15, -0.1) is 0 Å². The predicted octanol–water partition coefficient (Wildman–Crippen LogP) is 3.84. The molecule has 38 heavy (non-hydrogen) atoms. The molecular formula is C27H30N10O. The van der Waals surface area contributed by atoms with Crippen molar-refractivity contribution in [2.24, 2.45) is 0 Å². The van der Waals surface area contributed by atoms with Crippen LogP contribution in [0.3, 0.4) is 0 Å². The zero-order valence-electron chi connectivity index (χ0n) is 21.5. The summed E-state index contributed by atoms with van der Waals surface area (Å²) in [6.07, 6.45) is 9.34. The van der Waals surface area contributed by atoms with E-state index in [2.05, 4.69) is 59.2 Å². The minimum atomic E-state index is -0.00839. The highest BCUT2D eigenvalue weighted by Crippen LogP contribution is 2.31. The van der Waals surface area contributed by atoms with Gasteiger partial charge in [0.2, 0.25) is 5.91 Å². The molecule has 194 valence electrons. The quantitative estimate of drug-likeness (QED) is 0.301. The first-order chi connectivity index (χ1) is 18.6. The molecule has 0 aliphatic carbocycles. The Bertz CT molecular complexity index is 1600. The number of hydrogen-bond acceptors (Lipinski definition) is 8. The van der Waals surface area contributed by atoms with Gasteiger partial charge < -0.3 is 20.1 Å². The van der Waals surface area contributed by atoms with E-state index in [1.807, 2.05) is 24.4 Å². The fraction of sp³-hybridized carbons (Fsp3) is 0.333. The van der Waals surface area contributed by atoms with E-state index in [0.717, 1.165) is 72.4 Å². The molecule has 1 saturated heterocycles. The largest absolute Gasteiger partial charge is 0.367 e. The van der Waals surface area contributed by atoms with Gasteiger partial charge in [0.15, 0.2) is 17.1 Å². The van der Waals surface area contributed by atoms with Gasteiger partial charge in [-0.25, -0.2) is 15.0 Å². The maximum atomic E-state index is 12.2. The van der Waals surface area contributed by atoms with E-state index in [1.54, 1.807) is 18.6 Å². The second-order valence-corrected chi connectivity index (χ2v) is 9.71. The number of imidazole rings is 1. The third-order valence-corrected chi connectivity index (χ3v) is 6.96. The second-order valence-electron chi connectivity index (χ2n) is 9.71. The second kappa shape index (κ2) is 10.2. The van der Waals surface area contributed by atoms with E-state index in [9.17, 15) is 4.79 Å². The Morgan fingerprint density at radius 2 is 1.89 bits per heavy atom. The highest BCUT2D eigenvalue weighted by atomic mass is 16.1. The molecule has 0 atom stereocenters. The lowest BCUT2D eigenvalue weighted by Crippen LogP contribution is -2.44. The number of H-pyrrole nitrogens is 2. The summed E-state index contributed by atoms with van der Waals surface area (Å²) in [7, 11) is 2.15. The number of anilines is 2. The summed E-state index contributed by atoms with van der Waals surface area (Å²) in [6, 6.07) is 5.96. The van der Waals surface area contributed by atoms with Crippen molar-refractivity contribution in [3.63, 3.8) is 0 Å². The number of fused-ring (bicyclic) bond motifs is 2. The predicted molar refractivity (Wildman–Crippen MR) is 148 cm³/mol. The summed E-state index contributed by atoms with van der Waals surface area (Å²) < 4.78 is 0. The van der Waals surface area contributed by atoms with Crippen LogP contribution in [0.1, 0.15) is 26.2 Å². The van der Waals surface area contributed by atoms with Crippen LogP contribution in [0, 0.1) is 0 Å². The highest BCUT2D eigenvalue weighted by Gasteiger charge is 2.21. The molecule has 11 heteroatoms. The standard InChI is InChI=1S/C27H30N10O/c1-3-4-5-22(38)31-19-12-17(14-28-16-19)18-13-20-23(34-35-25(20)30-15-18)27-32-24-21(6-7-29-26(24)33-27)37-10-8-36(2)9-11-37/h6-7,12-16H,3-5,8-11H2,1-2H3,(H,31,38)(H,29,32,33)(H,30,34,35). The molecule has 1 fully saturated rings. The zero-order chi connectivity index (χ0) is 26.1. The van der Waals surface area contributed by atoms with Crippen LogP contribution in [-0.2, 0) is 4.79 Å². The number of nitrogens with zero attached hydrogens (tertiary/aromatic N) is 7. The molecule has 1 aliphatic heterocycles. The Kier molecular flexibility index (Phi) is 6.42. The van der Waals surface area contributed by atoms with Crippen molar-refractivity contribution < 1.29 is 4.79 Å². The maximum absolute atomic E-state index is 12.2. The number of carbonyl (C=O) groups excluding carboxylic acids is 1. The Morgan fingerprint density at radius 3 is 2.74 bits per heavy atom. The first-order valence-electron chi connectivity index (χ1n) is 13.0. The molecule has 0 bridgehead atoms. The summed E-state index contributed by atoms with van der Waals surface area (Å²) in [6.45, 7) is 5.98. The Morgan fingerprint density at radius 1 is 1.05 bits per heavy atom. The molecule has 1 amide bonds. The van der Waals surface area contributed by atoms with Gasteiger partial charge >= 0.3 is 0 Å². The number of amides is 1. The summed E-state index contributed by atoms with van der Waals surface area (Å²) in [5.41, 5.74) is 6.36. The monoisotopic (exact) mass is 510 g/mol. The molecule has 5 aromatic heterocycles. The Hall–Kier alpha value is -4.38. The first-order valence-corrected chi connectivity index (χ1v) is 13.0. The number of unbranched alkanes of at least 4 members (excludes halogenated alkanes) is 1. The minimum Gasteiger partial charge on any atom is -0.367 e. The van der Waals surface area contributed by atoms with Crippen LogP contribution in [0.5, 0.6) is 0 Å². The number of aromatic nitrogens is 7. The van der Waals surface area contributed by atoms with Crippen molar-refractivity contribution in [2.45, 2.75) is 26.2 Å². The van der Waals surface area contributed by atoms with E-state index in [-0.39, 0.29) is 5.91 Å². The lowest BCUT2D eigenvalue weighted by molar-refractivity contribution is -0.116. The lowest BCUT2D eigenvalue weighted by atomic mass is 10.1. The van der Waals surface area contributed by atoms with Crippen molar-refractivity contribution in [3.8, 4) is 22.6 Å². The minimum absolute atomic E-state index is 0.00839. The number of likely N-dealkylation sites (N-methyl/N-ethyl adjacent to an activating group) is 1. The zero-order valence-corrected chi connectivity index (χ0v) is 21.5. The number of nitrogens with one attached hydrogen (secondary N) is 3. The number of carbonyl (C=O) groups is 1. The SMILES string of the molecule is CCCCC(=O)Nc1cncc(-c2cnc3[nH]nc(-c4nc5c(N6CCN(C)CC6)ccnc5[nH]4)c3c2)c1. The van der Waals surface area contributed by atoms with Crippen molar-refractivity contribution in [3.05, 3.63) is 43.0 Å². The fourth-order valence-corrected chi connectivity index (χ4v) is 4.78. The lowest BCUT2D eigenvalue weighted by Gasteiger charge is -2.33. The van der Waals surface area contributed by atoms with Gasteiger partial charge in [0.1, 0.15) is 11.2 Å². The summed E-state index contributed by atoms with van der Waals surface area (Å²) >= 11 is 0. The van der Waals surface area contributed by atoms with E-state index < -0.39 is 0 Å². The third kappa shape index (κ3) is 4.68. The molecule has 0 saturated carbocycles. The molecule has 11 nitrogen and oxygen atoms in total. The van der Waals surface area contributed by atoms with Crippen LogP contribution >= 0.6 is 0 Å². The van der Waals surface area contributed by atoms with Crippen molar-refractivity contribution in [2.75, 3.05) is 43.4 Å². The van der Waals surface area contributed by atoms with Gasteiger partial charge in [-0.3, -0.25) is 14.9 Å². The molecule has 0 unspecified atom stereocenters. The van der Waals surface area contributed by atoms with Crippen LogP contribution in [0.15, 0.2) is 43.0 Å². The third-order valence-electron chi connectivity index (χ3n) is 6.96. The normalized spacial score (nSPS) is 14.4. The smallest absolute Gasteiger partial charge is 0.224 e. The number of piperazine rings is 1. The van der Waals surface area contributed by atoms with E-state index in [4.69, 9.17) is 4.98 Å². The van der Waals surface area contributed by atoms with Crippen molar-refractivity contribution in [1.29, 1.82) is 0 Å². The summed E-state index contributed by atoms with van der Waals surface area (Å²) in [5, 5.41) is 11.3. The van der Waals surface area contributed by atoms with Gasteiger partial charge in [0, 0.05) is 62.3 Å². The molecule has 3 N–H and O–H groups in total. The molecule has 0 radical (unpaired) electrons. The number of pyridine rings is 3. The summed E-state index contributed by atoms with van der Waals surface area (Å²) in [5.74, 6) is 0.625. The van der Waals surface area contributed by atoms with Crippen LogP contribution < -0.4 is 10.2 Å². The van der Waals surface area contributed by atoms with Gasteiger partial charge in [-0.2, -0.15) is 5.10 Å². The van der Waals surface area contributed by atoms with Gasteiger partial charge in [0.25, 0.3) is 0 Å². The summed E-state index contributed by atoms with van der Waals surface area (Å²) in [4.78, 5) is 38.6. The maximum Gasteiger partial charge on any atom is 0.224 e. The van der Waals surface area contributed by atoms with Crippen LogP contribution in [0.25, 0.3) is 44.8 Å². The highest BCUT2D eigenvalue weighted by molar-refractivity contribution is 5.95. The Balaban J connectivity index is 1.33. The van der Waals surface area contributed by atoms with E-state index in [0.29, 0.717) is 29.3 Å². The molecule has 5 aromatic rings. The molecule has 0 aromatic carbocycles. The topological polar surface area (TPSA) is 132 Å².